The molecule has 0 aliphatic carbocycles. The number of carbonyl (C=O) groups is 1. The number of anilines is 1. The van der Waals surface area contributed by atoms with Crippen LogP contribution in [0.25, 0.3) is 0 Å². The third-order valence-electron chi connectivity index (χ3n) is 5.09. The second kappa shape index (κ2) is 12.4. The summed E-state index contributed by atoms with van der Waals surface area (Å²) < 4.78 is 6.04. The normalized spacial score (nSPS) is 19.8. The molecule has 29 heavy (non-hydrogen) atoms. The topological polar surface area (TPSA) is 74.8 Å². The largest absolute Gasteiger partial charge is 0.377 e. The number of hydrogen-bond acceptors (Lipinski definition) is 3. The fourth-order valence-corrected chi connectivity index (χ4v) is 3.70. The first-order valence-electron chi connectivity index (χ1n) is 10.3. The van der Waals surface area contributed by atoms with E-state index in [1.807, 2.05) is 18.2 Å². The number of carbonyl (C=O) groups excluding carboxylic acids is 1. The van der Waals surface area contributed by atoms with E-state index in [-0.39, 0.29) is 47.9 Å². The van der Waals surface area contributed by atoms with E-state index in [0.717, 1.165) is 38.1 Å². The second-order valence-corrected chi connectivity index (χ2v) is 8.47. The molecule has 1 amide bonds. The van der Waals surface area contributed by atoms with E-state index < -0.39 is 0 Å². The van der Waals surface area contributed by atoms with Crippen LogP contribution in [0.15, 0.2) is 29.3 Å². The molecule has 6 nitrogen and oxygen atoms in total. The van der Waals surface area contributed by atoms with Gasteiger partial charge in [-0.25, -0.2) is 0 Å². The Labute approximate surface area is 192 Å². The summed E-state index contributed by atoms with van der Waals surface area (Å²) >= 11 is 0. The van der Waals surface area contributed by atoms with Crippen LogP contribution >= 0.6 is 24.0 Å². The number of benzene rings is 1. The molecule has 0 aromatic heterocycles. The van der Waals surface area contributed by atoms with Gasteiger partial charge in [0.1, 0.15) is 0 Å². The lowest BCUT2D eigenvalue weighted by atomic mass is 9.78. The van der Waals surface area contributed by atoms with Gasteiger partial charge in [0, 0.05) is 31.8 Å². The number of halogens is 1. The zero-order valence-electron chi connectivity index (χ0n) is 18.4. The van der Waals surface area contributed by atoms with Crippen molar-refractivity contribution in [1.29, 1.82) is 0 Å². The van der Waals surface area contributed by atoms with Crippen molar-refractivity contribution in [2.45, 2.75) is 53.1 Å². The summed E-state index contributed by atoms with van der Waals surface area (Å²) in [6.45, 7) is 10.6. The molecule has 1 heterocycles. The number of aliphatic imine (C=N–C) groups is 1. The van der Waals surface area contributed by atoms with Crippen molar-refractivity contribution in [3.8, 4) is 0 Å². The van der Waals surface area contributed by atoms with Gasteiger partial charge in [0.25, 0.3) is 0 Å². The van der Waals surface area contributed by atoms with E-state index >= 15 is 0 Å². The molecule has 0 spiro atoms. The van der Waals surface area contributed by atoms with Crippen LogP contribution in [0.3, 0.4) is 0 Å². The maximum atomic E-state index is 12.2. The van der Waals surface area contributed by atoms with Gasteiger partial charge in [-0.2, -0.15) is 0 Å². The van der Waals surface area contributed by atoms with E-state index in [0.29, 0.717) is 11.9 Å². The summed E-state index contributed by atoms with van der Waals surface area (Å²) in [4.78, 5) is 16.5. The number of rotatable bonds is 6. The smallest absolute Gasteiger partial charge is 0.243 e. The molecule has 1 aliphatic rings. The van der Waals surface area contributed by atoms with Crippen LogP contribution in [0.2, 0.25) is 0 Å². The van der Waals surface area contributed by atoms with Crippen LogP contribution in [-0.4, -0.2) is 44.7 Å². The lowest BCUT2D eigenvalue weighted by molar-refractivity contribution is -0.115. The van der Waals surface area contributed by atoms with E-state index in [1.165, 1.54) is 5.56 Å². The highest BCUT2D eigenvalue weighted by molar-refractivity contribution is 14.0. The molecule has 7 heteroatoms. The number of ether oxygens (including phenoxy) is 1. The second-order valence-electron chi connectivity index (χ2n) is 8.47. The fraction of sp³-hybridized carbons (Fsp3) is 0.636. The van der Waals surface area contributed by atoms with Gasteiger partial charge in [0.15, 0.2) is 5.96 Å². The Morgan fingerprint density at radius 1 is 1.28 bits per heavy atom. The van der Waals surface area contributed by atoms with E-state index in [4.69, 9.17) is 4.74 Å². The van der Waals surface area contributed by atoms with Crippen LogP contribution < -0.4 is 16.0 Å². The first-order valence-corrected chi connectivity index (χ1v) is 10.3. The quantitative estimate of drug-likeness (QED) is 0.306. The molecule has 1 aromatic rings. The van der Waals surface area contributed by atoms with Crippen molar-refractivity contribution in [3.63, 3.8) is 0 Å². The van der Waals surface area contributed by atoms with Gasteiger partial charge in [-0.3, -0.25) is 9.79 Å². The molecular formula is C22H37IN4O2. The Kier molecular flexibility index (Phi) is 11.0. The number of aryl methyl sites for hydroxylation is 1. The molecular weight excluding hydrogens is 479 g/mol. The first kappa shape index (κ1) is 25.7. The maximum absolute atomic E-state index is 12.2. The van der Waals surface area contributed by atoms with Crippen LogP contribution in [0, 0.1) is 11.3 Å². The molecule has 2 atom stereocenters. The van der Waals surface area contributed by atoms with Crippen LogP contribution in [-0.2, 0) is 16.0 Å². The lowest BCUT2D eigenvalue weighted by Gasteiger charge is -2.40. The zero-order chi connectivity index (χ0) is 20.6. The number of nitrogens with one attached hydrogen (secondary N) is 3. The fourth-order valence-electron chi connectivity index (χ4n) is 3.70. The summed E-state index contributed by atoms with van der Waals surface area (Å²) in [6.07, 6.45) is 3.39. The van der Waals surface area contributed by atoms with Gasteiger partial charge in [-0.1, -0.05) is 39.8 Å². The Morgan fingerprint density at radius 2 is 2.03 bits per heavy atom. The Hall–Kier alpha value is -1.35. The Balaban J connectivity index is 0.00000420. The molecule has 1 aliphatic heterocycles. The summed E-state index contributed by atoms with van der Waals surface area (Å²) in [6, 6.07) is 7.92. The van der Waals surface area contributed by atoms with Crippen molar-refractivity contribution in [1.82, 2.24) is 10.6 Å². The molecule has 0 bridgehead atoms. The molecule has 0 saturated carbocycles. The highest BCUT2D eigenvalue weighted by Gasteiger charge is 2.35. The van der Waals surface area contributed by atoms with Crippen molar-refractivity contribution in [2.24, 2.45) is 16.3 Å². The number of amides is 1. The SMILES string of the molecule is CCc1cccc(NC(=O)CNC(=NC)NCC2CCCOC2C(C)(C)C)c1.I. The first-order chi connectivity index (χ1) is 13.3. The lowest BCUT2D eigenvalue weighted by Crippen LogP contribution is -2.48. The zero-order valence-corrected chi connectivity index (χ0v) is 20.7. The van der Waals surface area contributed by atoms with Gasteiger partial charge < -0.3 is 20.7 Å². The Bertz CT molecular complexity index is 673. The minimum absolute atomic E-state index is 0. The molecule has 2 rings (SSSR count). The highest BCUT2D eigenvalue weighted by Crippen LogP contribution is 2.33. The van der Waals surface area contributed by atoms with Gasteiger partial charge in [0.2, 0.25) is 5.91 Å². The molecule has 1 aromatic carbocycles. The summed E-state index contributed by atoms with van der Waals surface area (Å²) in [5.41, 5.74) is 2.13. The third-order valence-corrected chi connectivity index (χ3v) is 5.09. The van der Waals surface area contributed by atoms with Crippen molar-refractivity contribution in [3.05, 3.63) is 29.8 Å². The van der Waals surface area contributed by atoms with Crippen molar-refractivity contribution in [2.75, 3.05) is 32.1 Å². The van der Waals surface area contributed by atoms with Gasteiger partial charge in [-0.15, -0.1) is 24.0 Å². The van der Waals surface area contributed by atoms with Crippen LogP contribution in [0.1, 0.15) is 46.1 Å². The van der Waals surface area contributed by atoms with Gasteiger partial charge in [0.05, 0.1) is 12.6 Å². The number of nitrogens with zero attached hydrogens (tertiary/aromatic N) is 1. The van der Waals surface area contributed by atoms with Crippen molar-refractivity contribution >= 4 is 41.5 Å². The van der Waals surface area contributed by atoms with E-state index in [9.17, 15) is 4.79 Å². The van der Waals surface area contributed by atoms with Gasteiger partial charge >= 0.3 is 0 Å². The maximum Gasteiger partial charge on any atom is 0.243 e. The highest BCUT2D eigenvalue weighted by atomic mass is 127. The van der Waals surface area contributed by atoms with Gasteiger partial charge in [-0.05, 0) is 42.4 Å². The summed E-state index contributed by atoms with van der Waals surface area (Å²) in [5, 5.41) is 9.38. The minimum Gasteiger partial charge on any atom is -0.377 e. The van der Waals surface area contributed by atoms with E-state index in [2.05, 4.69) is 54.7 Å². The molecule has 3 N–H and O–H groups in total. The van der Waals surface area contributed by atoms with Crippen LogP contribution in [0.5, 0.6) is 0 Å². The van der Waals surface area contributed by atoms with Crippen molar-refractivity contribution < 1.29 is 9.53 Å². The Morgan fingerprint density at radius 3 is 2.69 bits per heavy atom. The predicted molar refractivity (Wildman–Crippen MR) is 131 cm³/mol. The minimum atomic E-state index is -0.0928. The number of hydrogen-bond donors (Lipinski definition) is 3. The monoisotopic (exact) mass is 516 g/mol. The average molecular weight is 516 g/mol. The molecule has 1 fully saturated rings. The summed E-state index contributed by atoms with van der Waals surface area (Å²) in [5.74, 6) is 0.971. The molecule has 2 unspecified atom stereocenters. The molecule has 0 radical (unpaired) electrons. The van der Waals surface area contributed by atoms with E-state index in [1.54, 1.807) is 7.05 Å². The predicted octanol–water partition coefficient (Wildman–Crippen LogP) is 3.81. The average Bonchev–Trinajstić information content (AvgIpc) is 2.67. The molecule has 1 saturated heterocycles. The standard InChI is InChI=1S/C22H36N4O2.HI/c1-6-16-9-7-11-18(13-16)26-19(27)15-25-21(23-5)24-14-17-10-8-12-28-20(17)22(2,3)4;/h7,9,11,13,17,20H,6,8,10,12,14-15H2,1-5H3,(H,26,27)(H2,23,24,25);1H. The summed E-state index contributed by atoms with van der Waals surface area (Å²) in [7, 11) is 1.72. The van der Waals surface area contributed by atoms with Crippen LogP contribution in [0.4, 0.5) is 5.69 Å². The third kappa shape index (κ3) is 8.50. The molecule has 164 valence electrons. The number of guanidine groups is 1.